The second-order valence-corrected chi connectivity index (χ2v) is 5.74. The van der Waals surface area contributed by atoms with Gasteiger partial charge in [-0.05, 0) is 25.2 Å². The minimum absolute atomic E-state index is 0.126. The number of hydrogen-bond donors (Lipinski definition) is 3. The van der Waals surface area contributed by atoms with Crippen LogP contribution in [0.25, 0.3) is 0 Å². The molecule has 3 amide bonds. The molecule has 7 heteroatoms. The lowest BCUT2D eigenvalue weighted by molar-refractivity contribution is -0.141. The van der Waals surface area contributed by atoms with E-state index in [1.807, 2.05) is 13.8 Å². The van der Waals surface area contributed by atoms with E-state index in [2.05, 4.69) is 5.32 Å². The lowest BCUT2D eigenvalue weighted by atomic mass is 10.1. The van der Waals surface area contributed by atoms with Crippen LogP contribution >= 0.6 is 0 Å². The predicted octanol–water partition coefficient (Wildman–Crippen LogP) is 0.393. The first-order chi connectivity index (χ1) is 9.29. The number of carbonyl (C=O) groups excluding carboxylic acids is 2. The van der Waals surface area contributed by atoms with Gasteiger partial charge in [0.15, 0.2) is 0 Å². The molecule has 7 nitrogen and oxygen atoms in total. The van der Waals surface area contributed by atoms with Gasteiger partial charge in [-0.3, -0.25) is 9.59 Å². The molecule has 1 aliphatic rings. The number of nitrogens with two attached hydrogens (primary N) is 1. The van der Waals surface area contributed by atoms with E-state index >= 15 is 0 Å². The summed E-state index contributed by atoms with van der Waals surface area (Å²) in [6, 6.07) is -0.500. The third-order valence-corrected chi connectivity index (χ3v) is 3.33. The highest BCUT2D eigenvalue weighted by Gasteiger charge is 2.31. The molecule has 2 atom stereocenters. The van der Waals surface area contributed by atoms with Crippen LogP contribution in [-0.4, -0.2) is 47.0 Å². The van der Waals surface area contributed by atoms with E-state index in [9.17, 15) is 14.4 Å². The van der Waals surface area contributed by atoms with Crippen molar-refractivity contribution in [2.45, 2.75) is 39.2 Å². The molecule has 1 aliphatic carbocycles. The van der Waals surface area contributed by atoms with Gasteiger partial charge in [0, 0.05) is 12.6 Å². The van der Waals surface area contributed by atoms with Crippen molar-refractivity contribution in [3.8, 4) is 0 Å². The summed E-state index contributed by atoms with van der Waals surface area (Å²) >= 11 is 0. The van der Waals surface area contributed by atoms with Gasteiger partial charge in [-0.2, -0.15) is 0 Å². The Morgan fingerprint density at radius 1 is 1.35 bits per heavy atom. The van der Waals surface area contributed by atoms with Crippen LogP contribution in [0.15, 0.2) is 0 Å². The molecule has 4 N–H and O–H groups in total. The first-order valence-corrected chi connectivity index (χ1v) is 6.86. The van der Waals surface area contributed by atoms with Gasteiger partial charge < -0.3 is 21.1 Å². The van der Waals surface area contributed by atoms with Gasteiger partial charge >= 0.3 is 12.0 Å². The zero-order chi connectivity index (χ0) is 15.3. The van der Waals surface area contributed by atoms with Crippen molar-refractivity contribution in [2.24, 2.45) is 17.6 Å². The van der Waals surface area contributed by atoms with Crippen LogP contribution in [0, 0.1) is 11.8 Å². The van der Waals surface area contributed by atoms with Crippen molar-refractivity contribution >= 4 is 17.9 Å². The quantitative estimate of drug-likeness (QED) is 0.655. The van der Waals surface area contributed by atoms with Gasteiger partial charge in [0.2, 0.25) is 5.91 Å². The zero-order valence-corrected chi connectivity index (χ0v) is 12.0. The third-order valence-electron chi connectivity index (χ3n) is 3.33. The lowest BCUT2D eigenvalue weighted by Crippen LogP contribution is -2.48. The van der Waals surface area contributed by atoms with E-state index in [0.717, 1.165) is 0 Å². The number of hydrogen-bond acceptors (Lipinski definition) is 3. The van der Waals surface area contributed by atoms with E-state index in [4.69, 9.17) is 10.8 Å². The second-order valence-electron chi connectivity index (χ2n) is 5.74. The highest BCUT2D eigenvalue weighted by molar-refractivity contribution is 5.83. The predicted molar refractivity (Wildman–Crippen MR) is 72.9 cm³/mol. The Hall–Kier alpha value is -1.79. The molecule has 0 radical (unpaired) electrons. The Morgan fingerprint density at radius 2 is 2.00 bits per heavy atom. The van der Waals surface area contributed by atoms with E-state index in [-0.39, 0.29) is 24.5 Å². The van der Waals surface area contributed by atoms with Crippen molar-refractivity contribution in [3.63, 3.8) is 0 Å². The molecule has 1 fully saturated rings. The first kappa shape index (κ1) is 16.3. The second kappa shape index (κ2) is 7.12. The summed E-state index contributed by atoms with van der Waals surface area (Å²) in [5.41, 5.74) is 5.14. The van der Waals surface area contributed by atoms with Crippen LogP contribution in [0.5, 0.6) is 0 Å². The molecule has 0 aromatic rings. The fourth-order valence-electron chi connectivity index (χ4n) is 2.45. The number of aliphatic carboxylic acids is 1. The molecule has 0 aliphatic heterocycles. The van der Waals surface area contributed by atoms with Crippen LogP contribution in [0.2, 0.25) is 0 Å². The Balaban J connectivity index is 2.53. The summed E-state index contributed by atoms with van der Waals surface area (Å²) in [5.74, 6) is -1.56. The van der Waals surface area contributed by atoms with Crippen molar-refractivity contribution in [1.82, 2.24) is 10.2 Å². The van der Waals surface area contributed by atoms with Crippen LogP contribution in [0.1, 0.15) is 33.1 Å². The highest BCUT2D eigenvalue weighted by Crippen LogP contribution is 2.25. The summed E-state index contributed by atoms with van der Waals surface area (Å²) in [6.45, 7) is 4.19. The van der Waals surface area contributed by atoms with Crippen LogP contribution in [-0.2, 0) is 9.59 Å². The zero-order valence-electron chi connectivity index (χ0n) is 12.0. The molecule has 1 saturated carbocycles. The summed E-state index contributed by atoms with van der Waals surface area (Å²) in [7, 11) is 0. The Morgan fingerprint density at radius 3 is 2.45 bits per heavy atom. The third kappa shape index (κ3) is 5.07. The topological polar surface area (TPSA) is 113 Å². The van der Waals surface area contributed by atoms with Crippen molar-refractivity contribution in [1.29, 1.82) is 0 Å². The molecule has 0 heterocycles. The minimum Gasteiger partial charge on any atom is -0.481 e. The van der Waals surface area contributed by atoms with Gasteiger partial charge in [0.05, 0.1) is 5.92 Å². The molecule has 0 aromatic carbocycles. The van der Waals surface area contributed by atoms with Gasteiger partial charge in [-0.15, -0.1) is 0 Å². The number of carboxylic acid groups (broad SMARTS) is 1. The largest absolute Gasteiger partial charge is 0.481 e. The number of primary amides is 1. The fourth-order valence-corrected chi connectivity index (χ4v) is 2.45. The molecule has 0 bridgehead atoms. The van der Waals surface area contributed by atoms with E-state index in [1.165, 1.54) is 4.90 Å². The SMILES string of the molecule is CC(C)CN(CC(N)=O)C(=O)NC1CCC(C(=O)O)C1. The van der Waals surface area contributed by atoms with E-state index < -0.39 is 17.8 Å². The summed E-state index contributed by atoms with van der Waals surface area (Å²) in [5, 5.41) is 11.7. The first-order valence-electron chi connectivity index (χ1n) is 6.86. The average Bonchev–Trinajstić information content (AvgIpc) is 2.75. The van der Waals surface area contributed by atoms with E-state index in [0.29, 0.717) is 25.8 Å². The number of nitrogens with zero attached hydrogens (tertiary/aromatic N) is 1. The number of amides is 3. The fraction of sp³-hybridized carbons (Fsp3) is 0.769. The summed E-state index contributed by atoms with van der Waals surface area (Å²) in [6.07, 6.45) is 1.65. The smallest absolute Gasteiger partial charge is 0.318 e. The molecule has 0 aromatic heterocycles. The monoisotopic (exact) mass is 285 g/mol. The number of carboxylic acids is 1. The highest BCUT2D eigenvalue weighted by atomic mass is 16.4. The molecule has 114 valence electrons. The maximum atomic E-state index is 12.1. The molecule has 20 heavy (non-hydrogen) atoms. The maximum absolute atomic E-state index is 12.1. The molecule has 0 saturated heterocycles. The lowest BCUT2D eigenvalue weighted by Gasteiger charge is -2.25. The standard InChI is InChI=1S/C13H23N3O4/c1-8(2)6-16(7-11(14)17)13(20)15-10-4-3-9(5-10)12(18)19/h8-10H,3-7H2,1-2H3,(H2,14,17)(H,15,20)(H,18,19). The Labute approximate surface area is 118 Å². The van der Waals surface area contributed by atoms with Gasteiger partial charge in [-0.25, -0.2) is 4.79 Å². The van der Waals surface area contributed by atoms with E-state index in [1.54, 1.807) is 0 Å². The number of carbonyl (C=O) groups is 3. The van der Waals surface area contributed by atoms with Gasteiger partial charge in [0.1, 0.15) is 6.54 Å². The van der Waals surface area contributed by atoms with Crippen molar-refractivity contribution in [2.75, 3.05) is 13.1 Å². The number of nitrogens with one attached hydrogen (secondary N) is 1. The Kier molecular flexibility index (Phi) is 5.79. The molecule has 0 spiro atoms. The molecular formula is C13H23N3O4. The maximum Gasteiger partial charge on any atom is 0.318 e. The summed E-state index contributed by atoms with van der Waals surface area (Å²) in [4.78, 5) is 35.4. The van der Waals surface area contributed by atoms with Gasteiger partial charge in [-0.1, -0.05) is 13.8 Å². The normalized spacial score (nSPS) is 21.8. The van der Waals surface area contributed by atoms with Crippen LogP contribution in [0.4, 0.5) is 4.79 Å². The Bertz CT molecular complexity index is 384. The average molecular weight is 285 g/mol. The minimum atomic E-state index is -0.821. The number of rotatable bonds is 6. The van der Waals surface area contributed by atoms with Crippen molar-refractivity contribution < 1.29 is 19.5 Å². The molecule has 2 unspecified atom stereocenters. The van der Waals surface area contributed by atoms with Gasteiger partial charge in [0.25, 0.3) is 0 Å². The number of urea groups is 1. The summed E-state index contributed by atoms with van der Waals surface area (Å²) < 4.78 is 0. The van der Waals surface area contributed by atoms with Crippen LogP contribution < -0.4 is 11.1 Å². The molecular weight excluding hydrogens is 262 g/mol. The van der Waals surface area contributed by atoms with Crippen molar-refractivity contribution in [3.05, 3.63) is 0 Å². The molecule has 1 rings (SSSR count). The van der Waals surface area contributed by atoms with Crippen LogP contribution in [0.3, 0.4) is 0 Å².